The fourth-order valence-electron chi connectivity index (χ4n) is 19.3. The minimum absolute atomic E-state index is 0.00993. The summed E-state index contributed by atoms with van der Waals surface area (Å²) < 4.78 is 13.9. The molecule has 2 nitrogen and oxygen atoms in total. The third-order valence-electron chi connectivity index (χ3n) is 24.6. The van der Waals surface area contributed by atoms with Gasteiger partial charge in [0.25, 0.3) is 0 Å². The van der Waals surface area contributed by atoms with Gasteiger partial charge in [-0.1, -0.05) is 381 Å². The van der Waals surface area contributed by atoms with E-state index in [1.165, 1.54) is 186 Å². The summed E-state index contributed by atoms with van der Waals surface area (Å²) in [5.41, 5.74) is 28.6. The van der Waals surface area contributed by atoms with Gasteiger partial charge in [0.1, 0.15) is 22.3 Å². The van der Waals surface area contributed by atoms with Crippen molar-refractivity contribution in [1.82, 2.24) is 0 Å². The van der Waals surface area contributed by atoms with Crippen molar-refractivity contribution in [3.05, 3.63) is 386 Å². The first kappa shape index (κ1) is 70.0. The molecule has 22 rings (SSSR count). The maximum absolute atomic E-state index is 6.97. The highest BCUT2D eigenvalue weighted by Gasteiger charge is 2.28. The van der Waals surface area contributed by atoms with Crippen LogP contribution in [-0.4, -0.2) is 0 Å². The highest BCUT2D eigenvalue weighted by Crippen LogP contribution is 2.53. The zero-order chi connectivity index (χ0) is 78.2. The first-order valence-corrected chi connectivity index (χ1v) is 40.7. The summed E-state index contributed by atoms with van der Waals surface area (Å²) in [7, 11) is 0. The van der Waals surface area contributed by atoms with Gasteiger partial charge in [-0.15, -0.1) is 0 Å². The number of rotatable bonds is 8. The van der Waals surface area contributed by atoms with E-state index in [9.17, 15) is 0 Å². The summed E-state index contributed by atoms with van der Waals surface area (Å²) in [6.07, 6.45) is 0. The van der Waals surface area contributed by atoms with Crippen molar-refractivity contribution in [1.29, 1.82) is 0 Å². The van der Waals surface area contributed by atoms with E-state index in [-0.39, 0.29) is 10.8 Å². The van der Waals surface area contributed by atoms with Crippen molar-refractivity contribution < 1.29 is 8.83 Å². The Balaban J connectivity index is 0.000000146. The third-order valence-corrected chi connectivity index (χ3v) is 24.6. The monoisotopic (exact) mass is 1480 g/mol. The molecule has 0 fully saturated rings. The lowest BCUT2D eigenvalue weighted by Gasteiger charge is -2.27. The van der Waals surface area contributed by atoms with E-state index in [0.29, 0.717) is 0 Å². The van der Waals surface area contributed by atoms with E-state index < -0.39 is 0 Å². The molecule has 0 bridgehead atoms. The molecule has 0 amide bonds. The van der Waals surface area contributed by atoms with Crippen molar-refractivity contribution in [3.63, 3.8) is 0 Å². The zero-order valence-corrected chi connectivity index (χ0v) is 66.5. The van der Waals surface area contributed by atoms with Crippen LogP contribution in [0.4, 0.5) is 0 Å². The number of benzene rings is 20. The van der Waals surface area contributed by atoms with Crippen molar-refractivity contribution in [2.24, 2.45) is 0 Å². The second kappa shape index (κ2) is 27.4. The molecule has 0 aliphatic carbocycles. The molecule has 2 heteroatoms. The molecule has 2 heterocycles. The highest BCUT2D eigenvalue weighted by molar-refractivity contribution is 6.29. The number of hydrogen-bond acceptors (Lipinski definition) is 2. The normalized spacial score (nSPS) is 12.1. The van der Waals surface area contributed by atoms with Crippen LogP contribution in [0.15, 0.2) is 373 Å². The molecule has 0 N–H and O–H groups in total. The average Bonchev–Trinajstić information content (AvgIpc) is 1.39. The maximum atomic E-state index is 6.97. The Hall–Kier alpha value is -13.9. The molecule has 0 radical (unpaired) electrons. The standard InChI is InChI=1S/C60H48O.C54H36O/c1-59(2,3)40-33-39(34-41(36-40)60(4,5)6)56-44-23-12-10-21-42(44)55(43-22-11-13-24-45(43)56)38-31-32-53-52(35-38)50-29-18-30-51(58(50)61-53)57-48-27-16-14-25-46(48)54(37-19-8-7-9-20-37)47-26-15-17-28-49(47)57;1-33-16-14-17-34(2)49(33)53-43-26-12-8-22-39(43)51(40-23-9-13-27-44(40)53)36-30-31-48-47(32-36)45-28-15-29-46(54(45)55-48)52-41-24-10-6-20-37(41)50(35-18-4-3-5-19-35)38-21-7-11-25-42(38)52/h7-36H,1-6H3;3-32H,1-2H3. The fourth-order valence-corrected chi connectivity index (χ4v) is 19.3. The Kier molecular flexibility index (Phi) is 16.6. The molecule has 0 spiro atoms. The van der Waals surface area contributed by atoms with Crippen molar-refractivity contribution >= 4 is 130 Å². The van der Waals surface area contributed by atoms with E-state index in [0.717, 1.165) is 55.0 Å². The molecule has 552 valence electrons. The predicted octanol–water partition coefficient (Wildman–Crippen LogP) is 32.9. The van der Waals surface area contributed by atoms with Crippen molar-refractivity contribution in [2.75, 3.05) is 0 Å². The van der Waals surface area contributed by atoms with Crippen LogP contribution >= 0.6 is 0 Å². The quantitative estimate of drug-likeness (QED) is 0.142. The molecule has 2 aromatic heterocycles. The first-order chi connectivity index (χ1) is 56.7. The summed E-state index contributed by atoms with van der Waals surface area (Å²) in [5.74, 6) is 0. The Morgan fingerprint density at radius 1 is 0.172 bits per heavy atom. The molecule has 22 aromatic rings. The lowest BCUT2D eigenvalue weighted by atomic mass is 9.77. The first-order valence-electron chi connectivity index (χ1n) is 40.7. The van der Waals surface area contributed by atoms with Gasteiger partial charge in [0.05, 0.1) is 0 Å². The highest BCUT2D eigenvalue weighted by atomic mass is 16.3. The van der Waals surface area contributed by atoms with Gasteiger partial charge in [-0.05, 0) is 224 Å². The van der Waals surface area contributed by atoms with Gasteiger partial charge in [0.2, 0.25) is 0 Å². The minimum Gasteiger partial charge on any atom is -0.455 e. The summed E-state index contributed by atoms with van der Waals surface area (Å²) >= 11 is 0. The molecule has 0 atom stereocenters. The third kappa shape index (κ3) is 11.4. The molecule has 116 heavy (non-hydrogen) atoms. The minimum atomic E-state index is 0.00993. The van der Waals surface area contributed by atoms with Gasteiger partial charge in [0, 0.05) is 43.8 Å². The molecule has 20 aromatic carbocycles. The van der Waals surface area contributed by atoms with E-state index >= 15 is 0 Å². The van der Waals surface area contributed by atoms with Gasteiger partial charge in [0.15, 0.2) is 0 Å². The van der Waals surface area contributed by atoms with Crippen LogP contribution < -0.4 is 0 Å². The average molecular weight is 1490 g/mol. The second-order valence-electron chi connectivity index (χ2n) is 33.7. The number of aryl methyl sites for hydroxylation is 2. The van der Waals surface area contributed by atoms with Crippen LogP contribution in [0.3, 0.4) is 0 Å². The number of hydrogen-bond donors (Lipinski definition) is 0. The zero-order valence-electron chi connectivity index (χ0n) is 66.5. The van der Waals surface area contributed by atoms with Crippen LogP contribution in [0.5, 0.6) is 0 Å². The molecule has 0 aliphatic heterocycles. The van der Waals surface area contributed by atoms with E-state index in [1.54, 1.807) is 0 Å². The molecule has 0 saturated heterocycles. The summed E-state index contributed by atoms with van der Waals surface area (Å²) in [5, 5.41) is 24.4. The van der Waals surface area contributed by atoms with Crippen LogP contribution in [0, 0.1) is 13.8 Å². The second-order valence-corrected chi connectivity index (χ2v) is 33.7. The number of fused-ring (bicyclic) bond motifs is 14. The maximum Gasteiger partial charge on any atom is 0.143 e. The van der Waals surface area contributed by atoms with Gasteiger partial charge in [-0.3, -0.25) is 0 Å². The van der Waals surface area contributed by atoms with Gasteiger partial charge in [-0.2, -0.15) is 0 Å². The SMILES string of the molecule is CC(C)(C)c1cc(-c2c3ccccc3c(-c3ccc4oc5c(-c6c7ccccc7c(-c7ccccc7)c7ccccc67)cccc5c4c3)c3ccccc23)cc(C(C)(C)C)c1.Cc1cccc(C)c1-c1c2ccccc2c(-c2ccc3oc4c(-c5c6ccccc6c(-c6ccccc6)c6ccccc56)cccc4c3c2)c2ccccc12. The smallest absolute Gasteiger partial charge is 0.143 e. The van der Waals surface area contributed by atoms with Gasteiger partial charge in [-0.25, -0.2) is 0 Å². The molecule has 0 saturated carbocycles. The predicted molar refractivity (Wildman–Crippen MR) is 498 cm³/mol. The lowest BCUT2D eigenvalue weighted by molar-refractivity contribution is 0.569. The van der Waals surface area contributed by atoms with E-state index in [2.05, 4.69) is 419 Å². The van der Waals surface area contributed by atoms with Crippen LogP contribution in [-0.2, 0) is 10.8 Å². The Bertz CT molecular complexity index is 7500. The summed E-state index contributed by atoms with van der Waals surface area (Å²) in [6.45, 7) is 18.4. The van der Waals surface area contributed by atoms with Crippen LogP contribution in [0.1, 0.15) is 63.8 Å². The Labute approximate surface area is 675 Å². The van der Waals surface area contributed by atoms with Crippen molar-refractivity contribution in [3.8, 4) is 89.0 Å². The summed E-state index contributed by atoms with van der Waals surface area (Å²) in [4.78, 5) is 0. The van der Waals surface area contributed by atoms with Gasteiger partial charge >= 0.3 is 0 Å². The molecule has 0 aliphatic rings. The lowest BCUT2D eigenvalue weighted by Crippen LogP contribution is -2.16. The Morgan fingerprint density at radius 3 is 0.724 bits per heavy atom. The van der Waals surface area contributed by atoms with E-state index in [1.807, 2.05) is 0 Å². The number of para-hydroxylation sites is 2. The Morgan fingerprint density at radius 2 is 0.422 bits per heavy atom. The fraction of sp³-hybridized carbons (Fsp3) is 0.0877. The van der Waals surface area contributed by atoms with Crippen LogP contribution in [0.25, 0.3) is 219 Å². The largest absolute Gasteiger partial charge is 0.455 e. The molecule has 0 unspecified atom stereocenters. The van der Waals surface area contributed by atoms with Crippen LogP contribution in [0.2, 0.25) is 0 Å². The number of furan rings is 2. The van der Waals surface area contributed by atoms with Crippen molar-refractivity contribution in [2.45, 2.75) is 66.2 Å². The molecular formula is C114H84O2. The topological polar surface area (TPSA) is 26.3 Å². The van der Waals surface area contributed by atoms with E-state index in [4.69, 9.17) is 8.83 Å². The summed E-state index contributed by atoms with van der Waals surface area (Å²) in [6, 6.07) is 134. The molecular weight excluding hydrogens is 1400 g/mol. The van der Waals surface area contributed by atoms with Gasteiger partial charge < -0.3 is 8.83 Å².